The molecule has 1 fully saturated rings. The molecule has 28 heavy (non-hydrogen) atoms. The van der Waals surface area contributed by atoms with Crippen molar-refractivity contribution in [1.82, 2.24) is 25.1 Å². The van der Waals surface area contributed by atoms with E-state index in [9.17, 15) is 9.59 Å². The molecule has 3 aromatic rings. The number of aromatic nitrogens is 4. The molecular formula is C21H21N5O2. The molecule has 1 aliphatic heterocycles. The van der Waals surface area contributed by atoms with Crippen LogP contribution < -0.4 is 5.56 Å². The van der Waals surface area contributed by atoms with Gasteiger partial charge >= 0.3 is 0 Å². The normalized spacial score (nSPS) is 16.8. The predicted octanol–water partition coefficient (Wildman–Crippen LogP) is 2.56. The summed E-state index contributed by atoms with van der Waals surface area (Å²) >= 11 is 0. The number of carbonyl (C=O) groups excluding carboxylic acids is 1. The first-order chi connectivity index (χ1) is 13.6. The predicted molar refractivity (Wildman–Crippen MR) is 105 cm³/mol. The molecule has 1 atom stereocenters. The molecule has 1 amide bonds. The zero-order valence-electron chi connectivity index (χ0n) is 15.6. The van der Waals surface area contributed by atoms with Gasteiger partial charge in [0.1, 0.15) is 0 Å². The van der Waals surface area contributed by atoms with E-state index in [0.29, 0.717) is 18.7 Å². The fourth-order valence-corrected chi connectivity index (χ4v) is 3.56. The minimum atomic E-state index is -0.166. The van der Waals surface area contributed by atoms with Crippen LogP contribution >= 0.6 is 0 Å². The highest BCUT2D eigenvalue weighted by Crippen LogP contribution is 2.26. The highest BCUT2D eigenvalue weighted by Gasteiger charge is 2.26. The number of benzene rings is 1. The van der Waals surface area contributed by atoms with Gasteiger partial charge in [-0.1, -0.05) is 12.1 Å². The van der Waals surface area contributed by atoms with Gasteiger partial charge in [0, 0.05) is 36.2 Å². The number of piperidine rings is 1. The van der Waals surface area contributed by atoms with E-state index in [1.54, 1.807) is 0 Å². The second-order valence-corrected chi connectivity index (χ2v) is 7.07. The summed E-state index contributed by atoms with van der Waals surface area (Å²) in [6.07, 6.45) is 3.22. The van der Waals surface area contributed by atoms with Gasteiger partial charge in [-0.25, -0.2) is 4.98 Å². The van der Waals surface area contributed by atoms with Crippen LogP contribution in [-0.4, -0.2) is 44.1 Å². The van der Waals surface area contributed by atoms with E-state index in [1.165, 1.54) is 12.4 Å². The number of likely N-dealkylation sites (tertiary alicyclic amines) is 1. The lowest BCUT2D eigenvalue weighted by molar-refractivity contribution is 0.0706. The van der Waals surface area contributed by atoms with Crippen molar-refractivity contribution in [3.8, 4) is 11.3 Å². The van der Waals surface area contributed by atoms with E-state index in [0.717, 1.165) is 35.5 Å². The Hall–Kier alpha value is -3.35. The van der Waals surface area contributed by atoms with Gasteiger partial charge in [0.15, 0.2) is 0 Å². The molecule has 1 saturated heterocycles. The molecule has 4 rings (SSSR count). The number of hydrogen-bond donors (Lipinski definition) is 1. The summed E-state index contributed by atoms with van der Waals surface area (Å²) in [5.74, 6) is 0.0580. The van der Waals surface area contributed by atoms with Crippen molar-refractivity contribution in [2.24, 2.45) is 0 Å². The maximum absolute atomic E-state index is 13.1. The van der Waals surface area contributed by atoms with Crippen LogP contribution in [0, 0.1) is 6.92 Å². The van der Waals surface area contributed by atoms with Crippen molar-refractivity contribution in [2.75, 3.05) is 13.1 Å². The largest absolute Gasteiger partial charge is 0.338 e. The van der Waals surface area contributed by atoms with Crippen molar-refractivity contribution >= 4 is 5.91 Å². The van der Waals surface area contributed by atoms with Crippen LogP contribution in [0.2, 0.25) is 0 Å². The number of rotatable bonds is 3. The summed E-state index contributed by atoms with van der Waals surface area (Å²) in [4.78, 5) is 33.3. The molecule has 2 aromatic heterocycles. The van der Waals surface area contributed by atoms with Crippen molar-refractivity contribution < 1.29 is 4.79 Å². The number of amides is 1. The van der Waals surface area contributed by atoms with E-state index < -0.39 is 0 Å². The summed E-state index contributed by atoms with van der Waals surface area (Å²) in [7, 11) is 0. The zero-order chi connectivity index (χ0) is 19.5. The summed E-state index contributed by atoms with van der Waals surface area (Å²) in [6.45, 7) is 3.15. The molecule has 7 heteroatoms. The lowest BCUT2D eigenvalue weighted by Crippen LogP contribution is -2.39. The van der Waals surface area contributed by atoms with E-state index in [-0.39, 0.29) is 17.4 Å². The molecule has 3 heterocycles. The highest BCUT2D eigenvalue weighted by molar-refractivity contribution is 5.95. The standard InChI is InChI=1S/C21H21N5O2/c1-14-7-8-18(25-24-14)15-4-2-5-16(10-15)21(28)26-9-3-6-17(12-26)19-11-20(27)23-13-22-19/h2,4-5,7-8,10-11,13,17H,3,6,9,12H2,1H3,(H,22,23,27)/t17-/m1/s1. The average Bonchev–Trinajstić information content (AvgIpc) is 2.74. The smallest absolute Gasteiger partial charge is 0.253 e. The Morgan fingerprint density at radius 3 is 2.86 bits per heavy atom. The summed E-state index contributed by atoms with van der Waals surface area (Å²) in [6, 6.07) is 12.8. The van der Waals surface area contributed by atoms with Gasteiger partial charge < -0.3 is 9.88 Å². The average molecular weight is 375 g/mol. The molecule has 0 radical (unpaired) electrons. The van der Waals surface area contributed by atoms with E-state index >= 15 is 0 Å². The van der Waals surface area contributed by atoms with E-state index in [1.807, 2.05) is 48.2 Å². The second kappa shape index (κ2) is 7.72. The first-order valence-corrected chi connectivity index (χ1v) is 9.35. The minimum absolute atomic E-state index is 0.0172. The molecule has 0 bridgehead atoms. The quantitative estimate of drug-likeness (QED) is 0.760. The second-order valence-electron chi connectivity index (χ2n) is 7.07. The van der Waals surface area contributed by atoms with E-state index in [2.05, 4.69) is 20.2 Å². The van der Waals surface area contributed by atoms with Gasteiger partial charge in [-0.05, 0) is 44.0 Å². The Morgan fingerprint density at radius 2 is 2.07 bits per heavy atom. The molecule has 1 aliphatic rings. The van der Waals surface area contributed by atoms with Crippen LogP contribution in [0.5, 0.6) is 0 Å². The van der Waals surface area contributed by atoms with Crippen LogP contribution in [0.4, 0.5) is 0 Å². The molecule has 0 saturated carbocycles. The monoisotopic (exact) mass is 375 g/mol. The van der Waals surface area contributed by atoms with Crippen molar-refractivity contribution in [3.63, 3.8) is 0 Å². The third kappa shape index (κ3) is 3.83. The van der Waals surface area contributed by atoms with Crippen molar-refractivity contribution in [2.45, 2.75) is 25.7 Å². The number of aryl methyl sites for hydroxylation is 1. The first-order valence-electron chi connectivity index (χ1n) is 9.35. The summed E-state index contributed by atoms with van der Waals surface area (Å²) < 4.78 is 0. The van der Waals surface area contributed by atoms with Crippen LogP contribution in [0.1, 0.15) is 40.5 Å². The Labute approximate surface area is 162 Å². The molecular weight excluding hydrogens is 354 g/mol. The van der Waals surface area contributed by atoms with Gasteiger partial charge in [-0.2, -0.15) is 10.2 Å². The van der Waals surface area contributed by atoms with Crippen molar-refractivity contribution in [3.05, 3.63) is 76.1 Å². The molecule has 0 unspecified atom stereocenters. The van der Waals surface area contributed by atoms with Crippen LogP contribution in [0.15, 0.2) is 53.6 Å². The maximum atomic E-state index is 13.1. The zero-order valence-corrected chi connectivity index (χ0v) is 15.6. The molecule has 1 aromatic carbocycles. The Balaban J connectivity index is 1.55. The first kappa shape index (κ1) is 18.0. The highest BCUT2D eigenvalue weighted by atomic mass is 16.2. The lowest BCUT2D eigenvalue weighted by atomic mass is 9.94. The maximum Gasteiger partial charge on any atom is 0.253 e. The number of nitrogens with one attached hydrogen (secondary N) is 1. The Bertz CT molecular complexity index is 1040. The molecule has 0 spiro atoms. The van der Waals surface area contributed by atoms with Gasteiger partial charge in [0.25, 0.3) is 11.5 Å². The van der Waals surface area contributed by atoms with Gasteiger partial charge in [-0.15, -0.1) is 0 Å². The Morgan fingerprint density at radius 1 is 1.18 bits per heavy atom. The minimum Gasteiger partial charge on any atom is -0.338 e. The summed E-state index contributed by atoms with van der Waals surface area (Å²) in [5.41, 5.74) is 3.65. The summed E-state index contributed by atoms with van der Waals surface area (Å²) in [5, 5.41) is 8.30. The van der Waals surface area contributed by atoms with Crippen LogP contribution in [-0.2, 0) is 0 Å². The van der Waals surface area contributed by atoms with Crippen molar-refractivity contribution in [1.29, 1.82) is 0 Å². The van der Waals surface area contributed by atoms with E-state index in [4.69, 9.17) is 0 Å². The third-order valence-corrected chi connectivity index (χ3v) is 5.03. The number of nitrogens with zero attached hydrogens (tertiary/aromatic N) is 4. The molecule has 1 N–H and O–H groups in total. The molecule has 7 nitrogen and oxygen atoms in total. The molecule has 0 aliphatic carbocycles. The van der Waals surface area contributed by atoms with Gasteiger partial charge in [0.2, 0.25) is 0 Å². The fourth-order valence-electron chi connectivity index (χ4n) is 3.56. The van der Waals surface area contributed by atoms with Gasteiger partial charge in [0.05, 0.1) is 23.4 Å². The Kier molecular flexibility index (Phi) is 4.97. The molecule has 142 valence electrons. The number of H-pyrrole nitrogens is 1. The number of carbonyl (C=O) groups is 1. The van der Waals surface area contributed by atoms with Gasteiger partial charge in [-0.3, -0.25) is 9.59 Å². The fraction of sp³-hybridized carbons (Fsp3) is 0.286. The van der Waals surface area contributed by atoms with Crippen LogP contribution in [0.3, 0.4) is 0 Å². The SMILES string of the molecule is Cc1ccc(-c2cccc(C(=O)N3CCC[C@@H](c4cc(=O)[nH]cn4)C3)c2)nn1. The third-order valence-electron chi connectivity index (χ3n) is 5.03. The topological polar surface area (TPSA) is 91.8 Å². The number of hydrogen-bond acceptors (Lipinski definition) is 5. The lowest BCUT2D eigenvalue weighted by Gasteiger charge is -2.32. The van der Waals surface area contributed by atoms with Crippen LogP contribution in [0.25, 0.3) is 11.3 Å². The number of aromatic amines is 1.